The molecule has 0 unspecified atom stereocenters. The molecule has 1 aliphatic rings. The van der Waals surface area contributed by atoms with Crippen molar-refractivity contribution in [3.63, 3.8) is 0 Å². The third-order valence-electron chi connectivity index (χ3n) is 5.43. The van der Waals surface area contributed by atoms with E-state index in [-0.39, 0.29) is 0 Å². The molecule has 1 aliphatic heterocycles. The van der Waals surface area contributed by atoms with Crippen molar-refractivity contribution in [3.8, 4) is 0 Å². The summed E-state index contributed by atoms with van der Waals surface area (Å²) >= 11 is 0. The second-order valence-corrected chi connectivity index (χ2v) is 7.15. The Balaban J connectivity index is 1.68. The Kier molecular flexibility index (Phi) is 6.26. The molecule has 0 spiro atoms. The van der Waals surface area contributed by atoms with Crippen LogP contribution in [-0.2, 0) is 29.0 Å². The molecule has 146 valence electrons. The zero-order chi connectivity index (χ0) is 19.3. The molecule has 0 radical (unpaired) electrons. The molecule has 2 aromatic rings. The Morgan fingerprint density at radius 3 is 2.81 bits per heavy atom. The Hall–Kier alpha value is -2.22. The number of methoxy groups -OCH3 is 1. The quantitative estimate of drug-likeness (QED) is 0.727. The number of likely N-dealkylation sites (tertiary alicyclic amines) is 1. The van der Waals surface area contributed by atoms with Gasteiger partial charge in [-0.1, -0.05) is 30.3 Å². The third-order valence-corrected chi connectivity index (χ3v) is 5.43. The summed E-state index contributed by atoms with van der Waals surface area (Å²) in [5.41, 5.74) is -0.217. The maximum absolute atomic E-state index is 12.1. The minimum Gasteiger partial charge on any atom is -0.481 e. The number of carboxylic acid groups (broad SMARTS) is 1. The van der Waals surface area contributed by atoms with E-state index >= 15 is 0 Å². The molecule has 1 aromatic carbocycles. The van der Waals surface area contributed by atoms with Crippen molar-refractivity contribution < 1.29 is 19.7 Å². The van der Waals surface area contributed by atoms with Crippen molar-refractivity contribution in [2.45, 2.75) is 32.0 Å². The average Bonchev–Trinajstić information content (AvgIpc) is 3.10. The lowest BCUT2D eigenvalue weighted by molar-refractivity contribution is -0.163. The topological polar surface area (TPSA) is 87.8 Å². The molecule has 0 saturated carbocycles. The van der Waals surface area contributed by atoms with E-state index < -0.39 is 17.5 Å². The van der Waals surface area contributed by atoms with Crippen molar-refractivity contribution in [1.29, 1.82) is 0 Å². The normalized spacial score (nSPS) is 23.4. The highest BCUT2D eigenvalue weighted by Crippen LogP contribution is 2.36. The van der Waals surface area contributed by atoms with Gasteiger partial charge in [-0.05, 0) is 24.9 Å². The molecule has 1 aromatic heterocycles. The summed E-state index contributed by atoms with van der Waals surface area (Å²) in [5, 5.41) is 20.7. The fraction of sp³-hybridized carbons (Fsp3) is 0.500. The minimum absolute atomic E-state index is 0.316. The molecule has 0 aliphatic carbocycles. The number of nitrogens with zero attached hydrogens (tertiary/aromatic N) is 3. The lowest BCUT2D eigenvalue weighted by Gasteiger charge is -2.42. The molecule has 2 N–H and O–H groups in total. The van der Waals surface area contributed by atoms with Crippen LogP contribution in [0.1, 0.15) is 17.8 Å². The van der Waals surface area contributed by atoms with Gasteiger partial charge < -0.3 is 19.5 Å². The number of imidazole rings is 1. The standard InChI is InChI=1S/C20H27N3O4/c1-27-12-11-23-10-8-21-18(23)15-22-9-7-20(19(25)26,17(24)14-22)13-16-5-3-2-4-6-16/h2-6,8,10,17,24H,7,9,11-15H2,1H3,(H,25,26)/t17-,20+/m0/s1. The van der Waals surface area contributed by atoms with Gasteiger partial charge in [-0.3, -0.25) is 9.69 Å². The fourth-order valence-electron chi connectivity index (χ4n) is 3.75. The van der Waals surface area contributed by atoms with Crippen molar-refractivity contribution in [1.82, 2.24) is 14.5 Å². The molecule has 0 amide bonds. The van der Waals surface area contributed by atoms with Crippen molar-refractivity contribution >= 4 is 5.97 Å². The van der Waals surface area contributed by atoms with E-state index in [4.69, 9.17) is 4.74 Å². The molecular formula is C20H27N3O4. The predicted octanol–water partition coefficient (Wildman–Crippen LogP) is 1.41. The van der Waals surface area contributed by atoms with E-state index in [1.165, 1.54) is 0 Å². The minimum atomic E-state index is -1.15. The molecule has 2 atom stereocenters. The number of hydrogen-bond acceptors (Lipinski definition) is 5. The summed E-state index contributed by atoms with van der Waals surface area (Å²) < 4.78 is 7.15. The van der Waals surface area contributed by atoms with Crippen LogP contribution in [0, 0.1) is 5.41 Å². The summed E-state index contributed by atoms with van der Waals surface area (Å²) in [7, 11) is 1.66. The van der Waals surface area contributed by atoms with E-state index in [0.29, 0.717) is 39.1 Å². The van der Waals surface area contributed by atoms with Gasteiger partial charge >= 0.3 is 5.97 Å². The SMILES string of the molecule is COCCn1ccnc1CN1CC[C@](Cc2ccccc2)(C(=O)O)[C@@H](O)C1. The number of hydrogen-bond donors (Lipinski definition) is 2. The molecule has 1 saturated heterocycles. The smallest absolute Gasteiger partial charge is 0.312 e. The molecule has 2 heterocycles. The van der Waals surface area contributed by atoms with Gasteiger partial charge in [-0.15, -0.1) is 0 Å². The maximum Gasteiger partial charge on any atom is 0.312 e. The van der Waals surface area contributed by atoms with Crippen LogP contribution in [-0.4, -0.2) is 63.5 Å². The van der Waals surface area contributed by atoms with Gasteiger partial charge in [-0.25, -0.2) is 4.98 Å². The molecule has 7 heteroatoms. The van der Waals surface area contributed by atoms with E-state index in [2.05, 4.69) is 9.88 Å². The van der Waals surface area contributed by atoms with Gasteiger partial charge in [-0.2, -0.15) is 0 Å². The molecule has 7 nitrogen and oxygen atoms in total. The van der Waals surface area contributed by atoms with Gasteiger partial charge in [0.1, 0.15) is 11.2 Å². The summed E-state index contributed by atoms with van der Waals surface area (Å²) in [6, 6.07) is 9.52. The van der Waals surface area contributed by atoms with E-state index in [1.807, 2.05) is 41.1 Å². The van der Waals surface area contributed by atoms with Crippen LogP contribution in [0.4, 0.5) is 0 Å². The van der Waals surface area contributed by atoms with E-state index in [1.54, 1.807) is 13.3 Å². The van der Waals surface area contributed by atoms with Crippen molar-refractivity contribution in [2.24, 2.45) is 5.41 Å². The molecule has 3 rings (SSSR count). The van der Waals surface area contributed by atoms with Crippen LogP contribution in [0.2, 0.25) is 0 Å². The first-order chi connectivity index (χ1) is 13.0. The number of rotatable bonds is 8. The largest absolute Gasteiger partial charge is 0.481 e. The summed E-state index contributed by atoms with van der Waals surface area (Å²) in [6.07, 6.45) is 3.46. The first-order valence-electron chi connectivity index (χ1n) is 9.22. The zero-order valence-corrected chi connectivity index (χ0v) is 15.6. The Morgan fingerprint density at radius 2 is 2.15 bits per heavy atom. The average molecular weight is 373 g/mol. The lowest BCUT2D eigenvalue weighted by Crippen LogP contribution is -2.55. The fourth-order valence-corrected chi connectivity index (χ4v) is 3.75. The van der Waals surface area contributed by atoms with Crippen molar-refractivity contribution in [3.05, 3.63) is 54.1 Å². The third kappa shape index (κ3) is 4.37. The second kappa shape index (κ2) is 8.65. The first-order valence-corrected chi connectivity index (χ1v) is 9.22. The number of ether oxygens (including phenoxy) is 1. The van der Waals surface area contributed by atoms with Gasteiger partial charge in [0.2, 0.25) is 0 Å². The predicted molar refractivity (Wildman–Crippen MR) is 100 cm³/mol. The van der Waals surface area contributed by atoms with Crippen LogP contribution >= 0.6 is 0 Å². The number of benzene rings is 1. The van der Waals surface area contributed by atoms with E-state index in [0.717, 1.165) is 17.9 Å². The highest BCUT2D eigenvalue weighted by molar-refractivity contribution is 5.76. The van der Waals surface area contributed by atoms with Crippen molar-refractivity contribution in [2.75, 3.05) is 26.8 Å². The van der Waals surface area contributed by atoms with Gasteiger partial charge in [0.25, 0.3) is 0 Å². The number of aromatic nitrogens is 2. The number of aliphatic hydroxyl groups excluding tert-OH is 1. The van der Waals surface area contributed by atoms with Crippen LogP contribution in [0.15, 0.2) is 42.7 Å². The molecule has 27 heavy (non-hydrogen) atoms. The molecular weight excluding hydrogens is 346 g/mol. The number of aliphatic carboxylic acids is 1. The van der Waals surface area contributed by atoms with Crippen LogP contribution < -0.4 is 0 Å². The van der Waals surface area contributed by atoms with Gasteiger partial charge in [0, 0.05) is 32.6 Å². The summed E-state index contributed by atoms with van der Waals surface area (Å²) in [4.78, 5) is 18.5. The van der Waals surface area contributed by atoms with Gasteiger partial charge in [0.05, 0.1) is 19.3 Å². The Labute approximate surface area is 159 Å². The van der Waals surface area contributed by atoms with Crippen LogP contribution in [0.25, 0.3) is 0 Å². The van der Waals surface area contributed by atoms with Crippen LogP contribution in [0.3, 0.4) is 0 Å². The van der Waals surface area contributed by atoms with Gasteiger partial charge in [0.15, 0.2) is 0 Å². The lowest BCUT2D eigenvalue weighted by atomic mass is 9.71. The number of piperidine rings is 1. The van der Waals surface area contributed by atoms with E-state index in [9.17, 15) is 15.0 Å². The maximum atomic E-state index is 12.1. The zero-order valence-electron chi connectivity index (χ0n) is 15.6. The number of carbonyl (C=O) groups is 1. The van der Waals surface area contributed by atoms with Crippen LogP contribution in [0.5, 0.6) is 0 Å². The highest BCUT2D eigenvalue weighted by atomic mass is 16.5. The molecule has 0 bridgehead atoms. The summed E-state index contributed by atoms with van der Waals surface area (Å²) in [5.74, 6) is -0.0368. The summed E-state index contributed by atoms with van der Waals surface area (Å²) in [6.45, 7) is 2.82. The number of aliphatic hydroxyl groups is 1. The second-order valence-electron chi connectivity index (χ2n) is 7.15. The first kappa shape index (κ1) is 19.5. The number of carboxylic acids is 1. The highest BCUT2D eigenvalue weighted by Gasteiger charge is 2.48. The number of β-amino-alcohol motifs (C(OH)–C–C–N with tert-alkyl or cyclic N) is 1. The Morgan fingerprint density at radius 1 is 1.37 bits per heavy atom. The monoisotopic (exact) mass is 373 g/mol. The Bertz CT molecular complexity index is 749. The molecule has 1 fully saturated rings.